The molecule has 83 heavy (non-hydrogen) atoms. The van der Waals surface area contributed by atoms with Crippen molar-refractivity contribution in [2.75, 3.05) is 13.2 Å². The van der Waals surface area contributed by atoms with Crippen molar-refractivity contribution in [2.45, 2.75) is 443 Å². The number of hydrogen-bond acceptors (Lipinski definition) is 5. The maximum atomic E-state index is 12.6. The predicted octanol–water partition coefficient (Wildman–Crippen LogP) is 24.9. The maximum Gasteiger partial charge on any atom is 0.305 e. The highest BCUT2D eigenvalue weighted by Gasteiger charge is 2.20. The molecule has 0 aromatic carbocycles. The average Bonchev–Trinajstić information content (AvgIpc) is 3.49. The van der Waals surface area contributed by atoms with Crippen LogP contribution in [0.1, 0.15) is 431 Å². The van der Waals surface area contributed by atoms with Gasteiger partial charge in [-0.25, -0.2) is 0 Å². The average molecular weight is 1170 g/mol. The monoisotopic (exact) mass is 1170 g/mol. The molecule has 0 bridgehead atoms. The fraction of sp³-hybridized carbons (Fsp3) is 0.922. The lowest BCUT2D eigenvalue weighted by molar-refractivity contribution is -0.143. The predicted molar refractivity (Wildman–Crippen MR) is 366 cm³/mol. The highest BCUT2D eigenvalue weighted by molar-refractivity contribution is 5.76. The van der Waals surface area contributed by atoms with E-state index < -0.39 is 12.1 Å². The van der Waals surface area contributed by atoms with Crippen molar-refractivity contribution in [3.05, 3.63) is 24.3 Å². The standard InChI is InChI=1S/C77H149NO5/c1-3-5-7-9-11-13-15-17-19-21-23-31-34-37-41-45-49-53-57-61-65-69-75(80)74(73-79)78-76(81)70-66-62-58-54-50-46-42-38-35-32-29-27-25-24-26-28-30-33-36-40-44-48-52-56-60-64-68-72-83-77(82)71-67-63-59-55-51-47-43-39-22-20-18-16-14-12-10-8-6-4-2/h24-25,28,30,74-75,79-80H,3-23,26-27,29,31-73H2,1-2H3,(H,78,81)/b25-24-,30-28-. The van der Waals surface area contributed by atoms with E-state index in [1.165, 1.54) is 353 Å². The molecule has 2 unspecified atom stereocenters. The zero-order chi connectivity index (χ0) is 59.9. The van der Waals surface area contributed by atoms with Crippen LogP contribution in [-0.4, -0.2) is 47.4 Å². The van der Waals surface area contributed by atoms with E-state index in [-0.39, 0.29) is 18.5 Å². The maximum absolute atomic E-state index is 12.6. The molecule has 0 saturated carbocycles. The second-order valence-corrected chi connectivity index (χ2v) is 26.3. The first-order chi connectivity index (χ1) is 41.0. The number of nitrogens with one attached hydrogen (secondary N) is 1. The van der Waals surface area contributed by atoms with Crippen molar-refractivity contribution >= 4 is 11.9 Å². The molecule has 0 saturated heterocycles. The Labute approximate surface area is 520 Å². The van der Waals surface area contributed by atoms with E-state index in [2.05, 4.69) is 43.5 Å². The molecule has 1 amide bonds. The third kappa shape index (κ3) is 69.3. The van der Waals surface area contributed by atoms with Gasteiger partial charge in [0.25, 0.3) is 0 Å². The van der Waals surface area contributed by atoms with Crippen molar-refractivity contribution in [1.29, 1.82) is 0 Å². The molecule has 0 radical (unpaired) electrons. The van der Waals surface area contributed by atoms with Gasteiger partial charge in [0.05, 0.1) is 25.4 Å². The minimum absolute atomic E-state index is 0.0161. The first-order valence-electron chi connectivity index (χ1n) is 38.1. The van der Waals surface area contributed by atoms with Gasteiger partial charge in [0.1, 0.15) is 0 Å². The number of carbonyl (C=O) groups excluding carboxylic acids is 2. The number of aliphatic hydroxyl groups is 2. The van der Waals surface area contributed by atoms with E-state index in [1.807, 2.05) is 0 Å². The molecule has 0 aliphatic rings. The molecule has 0 aromatic rings. The van der Waals surface area contributed by atoms with Crippen molar-refractivity contribution in [3.8, 4) is 0 Å². The Kier molecular flexibility index (Phi) is 71.4. The Morgan fingerprint density at radius 2 is 0.602 bits per heavy atom. The summed E-state index contributed by atoms with van der Waals surface area (Å²) in [6, 6.07) is -0.545. The Morgan fingerprint density at radius 3 is 0.916 bits per heavy atom. The molecule has 0 heterocycles. The molecule has 492 valence electrons. The van der Waals surface area contributed by atoms with Gasteiger partial charge in [-0.15, -0.1) is 0 Å². The van der Waals surface area contributed by atoms with Gasteiger partial charge in [0, 0.05) is 12.8 Å². The molecule has 0 aliphatic carbocycles. The van der Waals surface area contributed by atoms with Gasteiger partial charge < -0.3 is 20.3 Å². The van der Waals surface area contributed by atoms with E-state index >= 15 is 0 Å². The fourth-order valence-corrected chi connectivity index (χ4v) is 12.2. The largest absolute Gasteiger partial charge is 0.466 e. The number of amides is 1. The minimum atomic E-state index is -0.668. The van der Waals surface area contributed by atoms with Gasteiger partial charge >= 0.3 is 5.97 Å². The van der Waals surface area contributed by atoms with Crippen LogP contribution >= 0.6 is 0 Å². The zero-order valence-corrected chi connectivity index (χ0v) is 56.5. The second kappa shape index (κ2) is 72.8. The van der Waals surface area contributed by atoms with Gasteiger partial charge in [-0.1, -0.05) is 385 Å². The normalized spacial score (nSPS) is 12.6. The number of rotatable bonds is 72. The van der Waals surface area contributed by atoms with E-state index in [0.717, 1.165) is 44.9 Å². The molecule has 0 spiro atoms. The summed E-state index contributed by atoms with van der Waals surface area (Å²) >= 11 is 0. The number of aliphatic hydroxyl groups excluding tert-OH is 2. The molecule has 6 heteroatoms. The van der Waals surface area contributed by atoms with Crippen molar-refractivity contribution in [1.82, 2.24) is 5.32 Å². The smallest absolute Gasteiger partial charge is 0.305 e. The molecule has 0 aliphatic heterocycles. The Balaban J connectivity index is 3.40. The van der Waals surface area contributed by atoms with Gasteiger partial charge in [0.2, 0.25) is 5.91 Å². The minimum Gasteiger partial charge on any atom is -0.466 e. The van der Waals surface area contributed by atoms with Crippen LogP contribution in [0.25, 0.3) is 0 Å². The molecule has 0 fully saturated rings. The number of ether oxygens (including phenoxy) is 1. The van der Waals surface area contributed by atoms with E-state index in [1.54, 1.807) is 0 Å². The topological polar surface area (TPSA) is 95.9 Å². The van der Waals surface area contributed by atoms with Gasteiger partial charge in [-0.2, -0.15) is 0 Å². The lowest BCUT2D eigenvalue weighted by Gasteiger charge is -2.22. The number of carbonyl (C=O) groups is 2. The van der Waals surface area contributed by atoms with Crippen molar-refractivity contribution in [2.24, 2.45) is 0 Å². The van der Waals surface area contributed by atoms with Crippen LogP contribution < -0.4 is 5.32 Å². The van der Waals surface area contributed by atoms with Crippen LogP contribution in [0.4, 0.5) is 0 Å². The van der Waals surface area contributed by atoms with Crippen LogP contribution in [-0.2, 0) is 14.3 Å². The van der Waals surface area contributed by atoms with Crippen LogP contribution in [0.2, 0.25) is 0 Å². The van der Waals surface area contributed by atoms with E-state index in [9.17, 15) is 19.8 Å². The summed E-state index contributed by atoms with van der Waals surface area (Å²) in [6.45, 7) is 5.00. The number of hydrogen-bond donors (Lipinski definition) is 3. The summed E-state index contributed by atoms with van der Waals surface area (Å²) in [7, 11) is 0. The highest BCUT2D eigenvalue weighted by Crippen LogP contribution is 2.20. The summed E-state index contributed by atoms with van der Waals surface area (Å²) in [4.78, 5) is 24.7. The van der Waals surface area contributed by atoms with Crippen LogP contribution in [0, 0.1) is 0 Å². The number of esters is 1. The van der Waals surface area contributed by atoms with Crippen LogP contribution in [0.5, 0.6) is 0 Å². The first-order valence-corrected chi connectivity index (χ1v) is 38.1. The quantitative estimate of drug-likeness (QED) is 0.0320. The Hall–Kier alpha value is -1.66. The van der Waals surface area contributed by atoms with Gasteiger partial charge in [-0.05, 0) is 57.8 Å². The van der Waals surface area contributed by atoms with Crippen LogP contribution in [0.15, 0.2) is 24.3 Å². The SMILES string of the molecule is CCCCCCCCCCCCCCCCCCCCCCCC(O)C(CO)NC(=O)CCCCCCCCCCCCC/C=C\C/C=C\CCCCCCCCCCCOC(=O)CCCCCCCCCCCCCCCCCCCC. The zero-order valence-electron chi connectivity index (χ0n) is 56.5. The summed E-state index contributed by atoms with van der Waals surface area (Å²) in [5.41, 5.74) is 0. The lowest BCUT2D eigenvalue weighted by atomic mass is 10.0. The van der Waals surface area contributed by atoms with E-state index in [4.69, 9.17) is 4.74 Å². The Morgan fingerprint density at radius 1 is 0.337 bits per heavy atom. The summed E-state index contributed by atoms with van der Waals surface area (Å²) in [5, 5.41) is 23.4. The molecular formula is C77H149NO5. The molecule has 2 atom stereocenters. The molecule has 6 nitrogen and oxygen atoms in total. The van der Waals surface area contributed by atoms with E-state index in [0.29, 0.717) is 25.9 Å². The fourth-order valence-electron chi connectivity index (χ4n) is 12.2. The summed E-state index contributed by atoms with van der Waals surface area (Å²) < 4.78 is 5.51. The third-order valence-electron chi connectivity index (χ3n) is 18.0. The van der Waals surface area contributed by atoms with Crippen molar-refractivity contribution < 1.29 is 24.5 Å². The number of allylic oxidation sites excluding steroid dienone is 4. The summed E-state index contributed by atoms with van der Waals surface area (Å²) in [5.74, 6) is -0.0172. The number of unbranched alkanes of at least 4 members (excludes halogenated alkanes) is 57. The van der Waals surface area contributed by atoms with Gasteiger partial charge in [0.15, 0.2) is 0 Å². The molecule has 0 rings (SSSR count). The molecular weight excluding hydrogens is 1020 g/mol. The first kappa shape index (κ1) is 81.3. The summed E-state index contributed by atoms with van der Waals surface area (Å²) in [6.07, 6.45) is 92.5. The van der Waals surface area contributed by atoms with Crippen molar-refractivity contribution in [3.63, 3.8) is 0 Å². The highest BCUT2D eigenvalue weighted by atomic mass is 16.5. The second-order valence-electron chi connectivity index (χ2n) is 26.3. The van der Waals surface area contributed by atoms with Gasteiger partial charge in [-0.3, -0.25) is 9.59 Å². The molecule has 0 aromatic heterocycles. The lowest BCUT2D eigenvalue weighted by Crippen LogP contribution is -2.45. The third-order valence-corrected chi connectivity index (χ3v) is 18.0. The van der Waals surface area contributed by atoms with Crippen LogP contribution in [0.3, 0.4) is 0 Å². The molecule has 3 N–H and O–H groups in total. The Bertz CT molecular complexity index is 1300.